The van der Waals surface area contributed by atoms with Crippen molar-refractivity contribution in [1.82, 2.24) is 0 Å². The summed E-state index contributed by atoms with van der Waals surface area (Å²) in [5, 5.41) is 9.49. The van der Waals surface area contributed by atoms with Crippen LogP contribution in [0.1, 0.15) is 44.2 Å². The highest BCUT2D eigenvalue weighted by Gasteiger charge is 2.41. The fourth-order valence-corrected chi connectivity index (χ4v) is 3.25. The Kier molecular flexibility index (Phi) is 3.57. The van der Waals surface area contributed by atoms with Gasteiger partial charge in [0.1, 0.15) is 5.75 Å². The number of aliphatic carboxylic acids is 1. The molecule has 1 aromatic carbocycles. The Balaban J connectivity index is 2.54. The highest BCUT2D eigenvalue weighted by Crippen LogP contribution is 2.47. The summed E-state index contributed by atoms with van der Waals surface area (Å²) in [6.07, 6.45) is 1.56. The Morgan fingerprint density at radius 1 is 1.37 bits per heavy atom. The van der Waals surface area contributed by atoms with Crippen LogP contribution in [-0.2, 0) is 11.2 Å². The first-order valence-corrected chi connectivity index (χ1v) is 6.74. The third-order valence-electron chi connectivity index (χ3n) is 4.07. The van der Waals surface area contributed by atoms with E-state index in [1.54, 1.807) is 7.11 Å². The molecule has 0 spiro atoms. The number of fused-ring (bicyclic) bond motifs is 1. The van der Waals surface area contributed by atoms with Gasteiger partial charge in [-0.2, -0.15) is 0 Å². The Bertz CT molecular complexity index is 485. The summed E-state index contributed by atoms with van der Waals surface area (Å²) in [7, 11) is 1.64. The molecule has 2 rings (SSSR count). The van der Waals surface area contributed by atoms with Gasteiger partial charge in [-0.25, -0.2) is 0 Å². The van der Waals surface area contributed by atoms with Crippen LogP contribution in [0, 0.1) is 11.3 Å². The molecular weight excluding hydrogens is 240 g/mol. The van der Waals surface area contributed by atoms with Crippen LogP contribution in [0.3, 0.4) is 0 Å². The lowest BCUT2D eigenvalue weighted by molar-refractivity contribution is -0.144. The minimum absolute atomic E-state index is 0.0313. The van der Waals surface area contributed by atoms with Crippen molar-refractivity contribution in [2.45, 2.75) is 39.5 Å². The van der Waals surface area contributed by atoms with E-state index in [-0.39, 0.29) is 17.3 Å². The summed E-state index contributed by atoms with van der Waals surface area (Å²) in [4.78, 5) is 11.5. The minimum atomic E-state index is -0.687. The third-order valence-corrected chi connectivity index (χ3v) is 4.07. The van der Waals surface area contributed by atoms with E-state index in [2.05, 4.69) is 26.8 Å². The predicted octanol–water partition coefficient (Wildman–Crippen LogP) is 3.47. The number of carboxylic acids is 1. The number of methoxy groups -OCH3 is 1. The van der Waals surface area contributed by atoms with Crippen molar-refractivity contribution in [2.24, 2.45) is 11.3 Å². The maximum atomic E-state index is 11.5. The first kappa shape index (κ1) is 13.9. The normalized spacial score (nSPS) is 22.7. The van der Waals surface area contributed by atoms with Gasteiger partial charge in [-0.05, 0) is 41.5 Å². The molecular formula is C16H22O3. The van der Waals surface area contributed by atoms with E-state index in [4.69, 9.17) is 4.74 Å². The van der Waals surface area contributed by atoms with Gasteiger partial charge in [0.15, 0.2) is 0 Å². The molecule has 0 fully saturated rings. The summed E-state index contributed by atoms with van der Waals surface area (Å²) >= 11 is 0. The summed E-state index contributed by atoms with van der Waals surface area (Å²) in [5.41, 5.74) is 2.33. The van der Waals surface area contributed by atoms with Gasteiger partial charge in [0.25, 0.3) is 0 Å². The van der Waals surface area contributed by atoms with E-state index >= 15 is 0 Å². The van der Waals surface area contributed by atoms with E-state index in [1.165, 1.54) is 5.56 Å². The molecule has 0 heterocycles. The zero-order valence-electron chi connectivity index (χ0n) is 12.1. The van der Waals surface area contributed by atoms with E-state index in [1.807, 2.05) is 12.1 Å². The summed E-state index contributed by atoms with van der Waals surface area (Å²) in [6.45, 7) is 6.34. The number of hydrogen-bond donors (Lipinski definition) is 1. The molecule has 1 aliphatic rings. The maximum absolute atomic E-state index is 11.5. The molecule has 0 aromatic heterocycles. The minimum Gasteiger partial charge on any atom is -0.497 e. The smallest absolute Gasteiger partial charge is 0.307 e. The lowest BCUT2D eigenvalue weighted by atomic mass is 9.64. The first-order valence-electron chi connectivity index (χ1n) is 6.74. The molecule has 0 saturated heterocycles. The number of carbonyl (C=O) groups is 1. The number of hydrogen-bond acceptors (Lipinski definition) is 2. The monoisotopic (exact) mass is 262 g/mol. The average Bonchev–Trinajstić information content (AvgIpc) is 2.35. The van der Waals surface area contributed by atoms with Crippen LogP contribution in [0.15, 0.2) is 18.2 Å². The Morgan fingerprint density at radius 2 is 2.05 bits per heavy atom. The Labute approximate surface area is 114 Å². The van der Waals surface area contributed by atoms with Crippen molar-refractivity contribution >= 4 is 5.97 Å². The molecule has 1 aromatic rings. The molecule has 2 unspecified atom stereocenters. The van der Waals surface area contributed by atoms with Gasteiger partial charge in [-0.1, -0.05) is 26.8 Å². The van der Waals surface area contributed by atoms with Crippen LogP contribution in [0.5, 0.6) is 5.75 Å². The van der Waals surface area contributed by atoms with Crippen molar-refractivity contribution in [1.29, 1.82) is 0 Å². The van der Waals surface area contributed by atoms with Gasteiger partial charge < -0.3 is 9.84 Å². The van der Waals surface area contributed by atoms with Crippen LogP contribution in [0.4, 0.5) is 0 Å². The SMILES string of the molecule is COc1ccc2c(c1)C(C(C)(C)C)C(C(=O)O)CC2. The van der Waals surface area contributed by atoms with Crippen LogP contribution < -0.4 is 4.74 Å². The second-order valence-corrected chi connectivity index (χ2v) is 6.39. The second kappa shape index (κ2) is 4.87. The van der Waals surface area contributed by atoms with Crippen molar-refractivity contribution in [3.8, 4) is 5.75 Å². The topological polar surface area (TPSA) is 46.5 Å². The highest BCUT2D eigenvalue weighted by atomic mass is 16.5. The number of rotatable bonds is 2. The number of ether oxygens (including phenoxy) is 1. The van der Waals surface area contributed by atoms with Gasteiger partial charge in [0, 0.05) is 5.92 Å². The molecule has 1 N–H and O–H groups in total. The van der Waals surface area contributed by atoms with Gasteiger partial charge in [0.2, 0.25) is 0 Å². The molecule has 0 saturated carbocycles. The van der Waals surface area contributed by atoms with E-state index in [0.717, 1.165) is 24.2 Å². The van der Waals surface area contributed by atoms with E-state index in [0.29, 0.717) is 0 Å². The number of carboxylic acid groups (broad SMARTS) is 1. The maximum Gasteiger partial charge on any atom is 0.307 e. The highest BCUT2D eigenvalue weighted by molar-refractivity contribution is 5.72. The fourth-order valence-electron chi connectivity index (χ4n) is 3.25. The second-order valence-electron chi connectivity index (χ2n) is 6.39. The molecule has 0 bridgehead atoms. The molecule has 1 aliphatic carbocycles. The van der Waals surface area contributed by atoms with Crippen molar-refractivity contribution in [3.63, 3.8) is 0 Å². The third kappa shape index (κ3) is 2.60. The summed E-state index contributed by atoms with van der Waals surface area (Å²) in [6, 6.07) is 6.05. The van der Waals surface area contributed by atoms with Crippen molar-refractivity contribution < 1.29 is 14.6 Å². The van der Waals surface area contributed by atoms with Crippen LogP contribution >= 0.6 is 0 Å². The predicted molar refractivity (Wildman–Crippen MR) is 74.6 cm³/mol. The number of benzene rings is 1. The fraction of sp³-hybridized carbons (Fsp3) is 0.562. The Morgan fingerprint density at radius 3 is 2.58 bits per heavy atom. The van der Waals surface area contributed by atoms with Crippen LogP contribution in [-0.4, -0.2) is 18.2 Å². The average molecular weight is 262 g/mol. The standard InChI is InChI=1S/C16H22O3/c1-16(2,3)14-12(15(17)18)8-6-10-5-7-11(19-4)9-13(10)14/h5,7,9,12,14H,6,8H2,1-4H3,(H,17,18). The molecule has 0 radical (unpaired) electrons. The van der Waals surface area contributed by atoms with Gasteiger partial charge in [0.05, 0.1) is 13.0 Å². The largest absolute Gasteiger partial charge is 0.497 e. The van der Waals surface area contributed by atoms with Crippen LogP contribution in [0.25, 0.3) is 0 Å². The first-order chi connectivity index (χ1) is 8.84. The zero-order chi connectivity index (χ0) is 14.2. The van der Waals surface area contributed by atoms with Gasteiger partial charge in [-0.15, -0.1) is 0 Å². The van der Waals surface area contributed by atoms with Gasteiger partial charge in [-0.3, -0.25) is 4.79 Å². The van der Waals surface area contributed by atoms with E-state index < -0.39 is 5.97 Å². The number of aryl methyl sites for hydroxylation is 1. The summed E-state index contributed by atoms with van der Waals surface area (Å²) < 4.78 is 5.29. The molecule has 0 amide bonds. The molecule has 19 heavy (non-hydrogen) atoms. The molecule has 0 aliphatic heterocycles. The quantitative estimate of drug-likeness (QED) is 0.887. The van der Waals surface area contributed by atoms with Crippen molar-refractivity contribution in [3.05, 3.63) is 29.3 Å². The van der Waals surface area contributed by atoms with Crippen LogP contribution in [0.2, 0.25) is 0 Å². The molecule has 3 heteroatoms. The lowest BCUT2D eigenvalue weighted by Gasteiger charge is -2.40. The lowest BCUT2D eigenvalue weighted by Crippen LogP contribution is -2.35. The van der Waals surface area contributed by atoms with Crippen molar-refractivity contribution in [2.75, 3.05) is 7.11 Å². The molecule has 2 atom stereocenters. The molecule has 3 nitrogen and oxygen atoms in total. The zero-order valence-corrected chi connectivity index (χ0v) is 12.1. The summed E-state index contributed by atoms with van der Waals surface area (Å²) in [5.74, 6) is -0.157. The molecule has 104 valence electrons. The Hall–Kier alpha value is -1.51. The van der Waals surface area contributed by atoms with E-state index in [9.17, 15) is 9.90 Å². The van der Waals surface area contributed by atoms with Gasteiger partial charge >= 0.3 is 5.97 Å².